The Morgan fingerprint density at radius 2 is 0.953 bits per heavy atom. The second-order valence-corrected chi connectivity index (χ2v) is 14.4. The van der Waals surface area contributed by atoms with Gasteiger partial charge < -0.3 is 4.90 Å². The molecule has 2 aliphatic carbocycles. The highest BCUT2D eigenvalue weighted by atomic mass is 15.1. The van der Waals surface area contributed by atoms with Gasteiger partial charge in [0.1, 0.15) is 0 Å². The maximum atomic E-state index is 2.52. The third-order valence-corrected chi connectivity index (χ3v) is 10.1. The quantitative estimate of drug-likeness (QED) is 0.281. The fourth-order valence-corrected chi connectivity index (χ4v) is 7.26. The fourth-order valence-electron chi connectivity index (χ4n) is 7.26. The van der Waals surface area contributed by atoms with E-state index in [9.17, 15) is 0 Å². The van der Waals surface area contributed by atoms with Crippen LogP contribution in [0.25, 0.3) is 0 Å². The van der Waals surface area contributed by atoms with E-state index in [1.54, 1.807) is 11.1 Å². The number of rotatable bonds is 6. The van der Waals surface area contributed by atoms with Crippen molar-refractivity contribution >= 4 is 5.69 Å². The molecule has 2 saturated carbocycles. The predicted octanol–water partition coefficient (Wildman–Crippen LogP) is 12.7. The molecule has 0 bridgehead atoms. The van der Waals surface area contributed by atoms with Crippen molar-refractivity contribution in [2.75, 3.05) is 18.0 Å². The molecule has 0 unspecified atom stereocenters. The first kappa shape index (κ1) is 33.4. The van der Waals surface area contributed by atoms with Crippen LogP contribution in [0, 0.1) is 0 Å². The number of nitrogens with zero attached hydrogens (tertiary/aromatic N) is 1. The summed E-state index contributed by atoms with van der Waals surface area (Å²) in [5, 5.41) is 0. The van der Waals surface area contributed by atoms with Gasteiger partial charge in [0.05, 0.1) is 0 Å². The largest absolute Gasteiger partial charge is 0.371 e. The van der Waals surface area contributed by atoms with Crippen LogP contribution in [0.5, 0.6) is 0 Å². The average Bonchev–Trinajstić information content (AvgIpc) is 3.78. The van der Waals surface area contributed by atoms with Gasteiger partial charge in [0.2, 0.25) is 0 Å². The fraction of sp³-hybridized carbons (Fsp3) is 0.571. The minimum absolute atomic E-state index is 0.631. The maximum absolute atomic E-state index is 2.52. The van der Waals surface area contributed by atoms with Crippen molar-refractivity contribution in [1.29, 1.82) is 0 Å². The normalized spacial score (nSPS) is 17.7. The van der Waals surface area contributed by atoms with Crippen LogP contribution in [-0.2, 0) is 0 Å². The zero-order valence-corrected chi connectivity index (χ0v) is 28.5. The number of para-hydroxylation sites is 1. The molecule has 1 aliphatic heterocycles. The molecule has 0 amide bonds. The van der Waals surface area contributed by atoms with Gasteiger partial charge in [0.15, 0.2) is 0 Å². The summed E-state index contributed by atoms with van der Waals surface area (Å²) in [7, 11) is 0. The van der Waals surface area contributed by atoms with Crippen LogP contribution in [0.2, 0.25) is 0 Å². The molecule has 3 aliphatic rings. The van der Waals surface area contributed by atoms with Crippen molar-refractivity contribution in [2.45, 2.75) is 142 Å². The Labute approximate surface area is 265 Å². The highest BCUT2D eigenvalue weighted by Gasteiger charge is 2.18. The Bertz CT molecular complexity index is 1200. The molecule has 1 heterocycles. The summed E-state index contributed by atoms with van der Waals surface area (Å²) in [4.78, 5) is 2.52. The highest BCUT2D eigenvalue weighted by molar-refractivity contribution is 5.55. The maximum Gasteiger partial charge on any atom is 0.0401 e. The molecule has 6 rings (SSSR count). The Hall–Kier alpha value is -2.54. The van der Waals surface area contributed by atoms with E-state index in [0.29, 0.717) is 17.8 Å². The van der Waals surface area contributed by atoms with Crippen molar-refractivity contribution in [3.05, 3.63) is 101 Å². The van der Waals surface area contributed by atoms with Gasteiger partial charge in [0, 0.05) is 18.8 Å². The van der Waals surface area contributed by atoms with Gasteiger partial charge in [0.25, 0.3) is 0 Å². The first-order valence-corrected chi connectivity index (χ1v) is 17.9. The van der Waals surface area contributed by atoms with Gasteiger partial charge in [-0.2, -0.15) is 0 Å². The van der Waals surface area contributed by atoms with Crippen LogP contribution in [0.1, 0.15) is 170 Å². The monoisotopic (exact) mass is 579 g/mol. The first-order chi connectivity index (χ1) is 20.8. The topological polar surface area (TPSA) is 3.24 Å². The van der Waals surface area contributed by atoms with Crippen molar-refractivity contribution in [3.63, 3.8) is 0 Å². The molecule has 0 radical (unpaired) electrons. The van der Waals surface area contributed by atoms with E-state index < -0.39 is 0 Å². The minimum atomic E-state index is 0.631. The number of hydrogen-bond donors (Lipinski definition) is 0. The summed E-state index contributed by atoms with van der Waals surface area (Å²) >= 11 is 0. The van der Waals surface area contributed by atoms with Crippen molar-refractivity contribution in [3.8, 4) is 0 Å². The van der Waals surface area contributed by atoms with Crippen LogP contribution in [0.4, 0.5) is 5.69 Å². The Morgan fingerprint density at radius 1 is 0.488 bits per heavy atom. The lowest BCUT2D eigenvalue weighted by molar-refractivity contribution is 0.443. The molecule has 43 heavy (non-hydrogen) atoms. The van der Waals surface area contributed by atoms with Gasteiger partial charge in [-0.25, -0.2) is 0 Å². The molecular weight excluding hydrogens is 518 g/mol. The summed E-state index contributed by atoms with van der Waals surface area (Å²) in [6.45, 7) is 16.1. The zero-order chi connectivity index (χ0) is 30.6. The smallest absolute Gasteiger partial charge is 0.0401 e. The van der Waals surface area contributed by atoms with Crippen LogP contribution >= 0.6 is 0 Å². The predicted molar refractivity (Wildman–Crippen MR) is 190 cm³/mol. The SMILES string of the molecule is CC(C)c1cccc(C2CCCC2)c1.CC(C)c1cccc(C2CCCCC2)c1.CC(C)c1ccccc1N1CCCC1. The summed E-state index contributed by atoms with van der Waals surface area (Å²) < 4.78 is 0. The molecular formula is C42H61N. The van der Waals surface area contributed by atoms with Gasteiger partial charge >= 0.3 is 0 Å². The molecule has 3 fully saturated rings. The lowest BCUT2D eigenvalue weighted by atomic mass is 9.83. The molecule has 0 N–H and O–H groups in total. The summed E-state index contributed by atoms with van der Waals surface area (Å²) in [6, 6.07) is 27.3. The van der Waals surface area contributed by atoms with Crippen LogP contribution in [0.3, 0.4) is 0 Å². The van der Waals surface area contributed by atoms with Gasteiger partial charge in [-0.3, -0.25) is 0 Å². The average molecular weight is 580 g/mol. The van der Waals surface area contributed by atoms with Crippen LogP contribution in [0.15, 0.2) is 72.8 Å². The summed E-state index contributed by atoms with van der Waals surface area (Å²) in [5.74, 6) is 3.66. The molecule has 0 atom stereocenters. The number of hydrogen-bond acceptors (Lipinski definition) is 1. The molecule has 3 aromatic carbocycles. The number of anilines is 1. The van der Waals surface area contributed by atoms with E-state index in [2.05, 4.69) is 119 Å². The molecule has 1 nitrogen and oxygen atoms in total. The lowest BCUT2D eigenvalue weighted by Gasteiger charge is -2.22. The Balaban J connectivity index is 0.000000148. The van der Waals surface area contributed by atoms with Gasteiger partial charge in [-0.15, -0.1) is 0 Å². The van der Waals surface area contributed by atoms with Gasteiger partial charge in [-0.1, -0.05) is 140 Å². The second-order valence-electron chi connectivity index (χ2n) is 14.4. The third-order valence-electron chi connectivity index (χ3n) is 10.1. The second kappa shape index (κ2) is 17.1. The van der Waals surface area contributed by atoms with E-state index in [1.807, 2.05) is 0 Å². The van der Waals surface area contributed by atoms with Gasteiger partial charge in [-0.05, 0) is 102 Å². The van der Waals surface area contributed by atoms with E-state index in [-0.39, 0.29) is 0 Å². The van der Waals surface area contributed by atoms with Crippen LogP contribution in [-0.4, -0.2) is 13.1 Å². The molecule has 234 valence electrons. The number of benzene rings is 3. The van der Waals surface area contributed by atoms with E-state index in [0.717, 1.165) is 11.8 Å². The van der Waals surface area contributed by atoms with E-state index in [1.165, 1.54) is 106 Å². The molecule has 0 aromatic heterocycles. The Morgan fingerprint density at radius 3 is 1.42 bits per heavy atom. The van der Waals surface area contributed by atoms with Crippen molar-refractivity contribution in [2.24, 2.45) is 0 Å². The molecule has 3 aromatic rings. The van der Waals surface area contributed by atoms with Crippen molar-refractivity contribution in [1.82, 2.24) is 0 Å². The van der Waals surface area contributed by atoms with Crippen LogP contribution < -0.4 is 4.90 Å². The molecule has 1 saturated heterocycles. The lowest BCUT2D eigenvalue weighted by Crippen LogP contribution is -2.19. The zero-order valence-electron chi connectivity index (χ0n) is 28.5. The molecule has 0 spiro atoms. The van der Waals surface area contributed by atoms with E-state index in [4.69, 9.17) is 0 Å². The summed E-state index contributed by atoms with van der Waals surface area (Å²) in [6.07, 6.45) is 15.5. The highest BCUT2D eigenvalue weighted by Crippen LogP contribution is 2.35. The van der Waals surface area contributed by atoms with E-state index >= 15 is 0 Å². The standard InChI is InChI=1S/C15H22.C14H20.C13H19N/c1-12(2)14-9-6-10-15(11-14)13-7-4-3-5-8-13;1-11(2)13-8-5-9-14(10-13)12-6-3-4-7-12;1-11(2)12-7-3-4-8-13(12)14-9-5-6-10-14/h6,9-13H,3-5,7-8H2,1-2H3;5,8-12H,3-4,6-7H2,1-2H3;3-4,7-8,11H,5-6,9-10H2,1-2H3. The third kappa shape index (κ3) is 9.99. The molecule has 1 heteroatoms. The van der Waals surface area contributed by atoms with Crippen molar-refractivity contribution < 1.29 is 0 Å². The first-order valence-electron chi connectivity index (χ1n) is 17.9. The Kier molecular flexibility index (Phi) is 13.2. The summed E-state index contributed by atoms with van der Waals surface area (Å²) in [5.41, 5.74) is 9.11. The minimum Gasteiger partial charge on any atom is -0.371 e.